The fraction of sp³-hybridized carbons (Fsp3) is 0.667. The van der Waals surface area contributed by atoms with E-state index in [2.05, 4.69) is 51.3 Å². The van der Waals surface area contributed by atoms with Crippen LogP contribution in [0.3, 0.4) is 0 Å². The highest BCUT2D eigenvalue weighted by Crippen LogP contribution is 2.38. The van der Waals surface area contributed by atoms with Gasteiger partial charge in [0.1, 0.15) is 0 Å². The highest BCUT2D eigenvalue weighted by atomic mass is 79.9. The second-order valence-electron chi connectivity index (χ2n) is 6.76. The smallest absolute Gasteiger partial charge is 0.0377 e. The molecule has 3 heteroatoms. The van der Waals surface area contributed by atoms with Gasteiger partial charge in [-0.2, -0.15) is 0 Å². The van der Waals surface area contributed by atoms with Gasteiger partial charge in [0.25, 0.3) is 0 Å². The molecule has 1 N–H and O–H groups in total. The van der Waals surface area contributed by atoms with Crippen LogP contribution in [-0.4, -0.2) is 20.1 Å². The second-order valence-corrected chi connectivity index (χ2v) is 7.61. The van der Waals surface area contributed by atoms with Crippen molar-refractivity contribution in [2.45, 2.75) is 45.1 Å². The predicted molar refractivity (Wildman–Crippen MR) is 93.9 cm³/mol. The lowest BCUT2D eigenvalue weighted by molar-refractivity contribution is 0.202. The quantitative estimate of drug-likeness (QED) is 0.846. The van der Waals surface area contributed by atoms with Gasteiger partial charge in [0, 0.05) is 29.3 Å². The van der Waals surface area contributed by atoms with Crippen LogP contribution in [0.4, 0.5) is 5.69 Å². The zero-order chi connectivity index (χ0) is 14.8. The first kappa shape index (κ1) is 15.4. The van der Waals surface area contributed by atoms with E-state index >= 15 is 0 Å². The number of piperidine rings is 1. The van der Waals surface area contributed by atoms with Crippen molar-refractivity contribution in [3.63, 3.8) is 0 Å². The Morgan fingerprint density at radius 3 is 2.67 bits per heavy atom. The van der Waals surface area contributed by atoms with Gasteiger partial charge in [-0.25, -0.2) is 0 Å². The third kappa shape index (κ3) is 3.29. The molecule has 0 amide bonds. The molecule has 0 bridgehead atoms. The molecule has 1 saturated carbocycles. The topological polar surface area (TPSA) is 15.3 Å². The number of benzene rings is 1. The van der Waals surface area contributed by atoms with Gasteiger partial charge in [0.05, 0.1) is 0 Å². The first-order chi connectivity index (χ1) is 10.2. The van der Waals surface area contributed by atoms with Crippen LogP contribution in [0.15, 0.2) is 22.7 Å². The molecule has 116 valence electrons. The van der Waals surface area contributed by atoms with E-state index in [1.165, 1.54) is 60.9 Å². The van der Waals surface area contributed by atoms with Gasteiger partial charge in [-0.3, -0.25) is 0 Å². The van der Waals surface area contributed by atoms with E-state index in [9.17, 15) is 0 Å². The van der Waals surface area contributed by atoms with E-state index in [-0.39, 0.29) is 0 Å². The van der Waals surface area contributed by atoms with Crippen molar-refractivity contribution in [2.75, 3.05) is 25.0 Å². The van der Waals surface area contributed by atoms with E-state index in [1.807, 2.05) is 7.05 Å². The average Bonchev–Trinajstić information content (AvgIpc) is 2.53. The van der Waals surface area contributed by atoms with E-state index in [4.69, 9.17) is 0 Å². The number of hydrogen-bond acceptors (Lipinski definition) is 2. The third-order valence-electron chi connectivity index (χ3n) is 5.54. The van der Waals surface area contributed by atoms with E-state index < -0.39 is 0 Å². The summed E-state index contributed by atoms with van der Waals surface area (Å²) in [6.45, 7) is 4.69. The molecule has 0 aromatic heterocycles. The van der Waals surface area contributed by atoms with Gasteiger partial charge in [-0.1, -0.05) is 41.3 Å². The molecular weight excluding hydrogens is 324 g/mol. The lowest BCUT2D eigenvalue weighted by Gasteiger charge is -2.42. The number of hydrogen-bond donors (Lipinski definition) is 1. The molecule has 3 unspecified atom stereocenters. The third-order valence-corrected chi connectivity index (χ3v) is 6.23. The van der Waals surface area contributed by atoms with Crippen molar-refractivity contribution >= 4 is 21.6 Å². The summed E-state index contributed by atoms with van der Waals surface area (Å²) in [4.78, 5) is 2.60. The van der Waals surface area contributed by atoms with E-state index in [0.717, 1.165) is 11.8 Å². The molecule has 1 saturated heterocycles. The Hall–Kier alpha value is -0.540. The fourth-order valence-corrected chi connectivity index (χ4v) is 4.76. The van der Waals surface area contributed by atoms with Gasteiger partial charge >= 0.3 is 0 Å². The Kier molecular flexibility index (Phi) is 4.90. The number of fused-ring (bicyclic) bond motifs is 1. The Balaban J connectivity index is 1.73. The number of rotatable bonds is 3. The van der Waals surface area contributed by atoms with Crippen LogP contribution in [0.25, 0.3) is 0 Å². The van der Waals surface area contributed by atoms with Crippen molar-refractivity contribution in [1.82, 2.24) is 5.32 Å². The monoisotopic (exact) mass is 350 g/mol. The largest absolute Gasteiger partial charge is 0.371 e. The maximum atomic E-state index is 3.76. The number of halogens is 1. The number of anilines is 1. The van der Waals surface area contributed by atoms with Gasteiger partial charge in [-0.15, -0.1) is 0 Å². The van der Waals surface area contributed by atoms with Crippen LogP contribution in [0.5, 0.6) is 0 Å². The molecule has 1 heterocycles. The van der Waals surface area contributed by atoms with Crippen LogP contribution in [0.2, 0.25) is 0 Å². The maximum Gasteiger partial charge on any atom is 0.0377 e. The molecule has 1 aliphatic carbocycles. The molecule has 2 fully saturated rings. The Morgan fingerprint density at radius 2 is 1.95 bits per heavy atom. The molecule has 3 rings (SSSR count). The molecular formula is C18H27BrN2. The summed E-state index contributed by atoms with van der Waals surface area (Å²) >= 11 is 3.76. The van der Waals surface area contributed by atoms with E-state index in [1.54, 1.807) is 0 Å². The lowest BCUT2D eigenvalue weighted by Crippen LogP contribution is -2.41. The molecule has 0 radical (unpaired) electrons. The summed E-state index contributed by atoms with van der Waals surface area (Å²) in [6, 6.07) is 7.27. The van der Waals surface area contributed by atoms with Gasteiger partial charge in [-0.05, 0) is 56.3 Å². The molecule has 2 nitrogen and oxygen atoms in total. The van der Waals surface area contributed by atoms with Crippen molar-refractivity contribution in [2.24, 2.45) is 11.8 Å². The van der Waals surface area contributed by atoms with Crippen molar-refractivity contribution in [3.8, 4) is 0 Å². The number of nitrogens with one attached hydrogen (secondary N) is 1. The van der Waals surface area contributed by atoms with Gasteiger partial charge in [0.15, 0.2) is 0 Å². The first-order valence-corrected chi connectivity index (χ1v) is 9.20. The predicted octanol–water partition coefficient (Wildman–Crippen LogP) is 4.75. The first-order valence-electron chi connectivity index (χ1n) is 8.40. The summed E-state index contributed by atoms with van der Waals surface area (Å²) in [6.07, 6.45) is 7.20. The summed E-state index contributed by atoms with van der Waals surface area (Å²) in [5.41, 5.74) is 2.73. The lowest BCUT2D eigenvalue weighted by atomic mass is 9.75. The van der Waals surface area contributed by atoms with Crippen LogP contribution in [-0.2, 0) is 0 Å². The van der Waals surface area contributed by atoms with E-state index in [0.29, 0.717) is 6.04 Å². The normalized spacial score (nSPS) is 27.3. The average molecular weight is 351 g/mol. The molecule has 1 aromatic rings. The molecule has 3 atom stereocenters. The summed E-state index contributed by atoms with van der Waals surface area (Å²) in [5.74, 6) is 1.93. The van der Waals surface area contributed by atoms with Gasteiger partial charge in [0.2, 0.25) is 0 Å². The van der Waals surface area contributed by atoms with Crippen molar-refractivity contribution in [1.29, 1.82) is 0 Å². The molecule has 1 aromatic carbocycles. The molecule has 1 aliphatic heterocycles. The summed E-state index contributed by atoms with van der Waals surface area (Å²) in [7, 11) is 2.01. The standard InChI is InChI=1S/C18H27BrN2/c1-13(20-2)17-8-7-16(11-18(17)19)21-10-9-14-5-3-4-6-15(14)12-21/h7-8,11,13-15,20H,3-6,9-10,12H2,1-2H3. The van der Waals surface area contributed by atoms with Crippen LogP contribution in [0, 0.1) is 11.8 Å². The zero-order valence-corrected chi connectivity index (χ0v) is 14.8. The van der Waals surface area contributed by atoms with Crippen molar-refractivity contribution < 1.29 is 0 Å². The molecule has 0 spiro atoms. The minimum atomic E-state index is 0.387. The van der Waals surface area contributed by atoms with Crippen LogP contribution in [0.1, 0.15) is 50.6 Å². The Bertz CT molecular complexity index is 488. The Labute approximate surface area is 137 Å². The van der Waals surface area contributed by atoms with Crippen LogP contribution >= 0.6 is 15.9 Å². The molecule has 21 heavy (non-hydrogen) atoms. The maximum absolute atomic E-state index is 3.76. The number of nitrogens with zero attached hydrogens (tertiary/aromatic N) is 1. The highest BCUT2D eigenvalue weighted by Gasteiger charge is 2.31. The summed E-state index contributed by atoms with van der Waals surface area (Å²) < 4.78 is 1.23. The minimum Gasteiger partial charge on any atom is -0.371 e. The van der Waals surface area contributed by atoms with Crippen LogP contribution < -0.4 is 10.2 Å². The summed E-state index contributed by atoms with van der Waals surface area (Å²) in [5, 5.41) is 3.31. The second kappa shape index (κ2) is 6.70. The SMILES string of the molecule is CNC(C)c1ccc(N2CCC3CCCCC3C2)cc1Br. The minimum absolute atomic E-state index is 0.387. The van der Waals surface area contributed by atoms with Gasteiger partial charge < -0.3 is 10.2 Å². The Morgan fingerprint density at radius 1 is 1.19 bits per heavy atom. The fourth-order valence-electron chi connectivity index (χ4n) is 4.05. The zero-order valence-electron chi connectivity index (χ0n) is 13.2. The highest BCUT2D eigenvalue weighted by molar-refractivity contribution is 9.10. The molecule has 2 aliphatic rings. The van der Waals surface area contributed by atoms with Crippen molar-refractivity contribution in [3.05, 3.63) is 28.2 Å².